The Morgan fingerprint density at radius 1 is 1.41 bits per heavy atom. The minimum absolute atomic E-state index is 0.142. The first-order valence-corrected chi connectivity index (χ1v) is 5.56. The highest BCUT2D eigenvalue weighted by Crippen LogP contribution is 2.32. The number of rotatable bonds is 1. The van der Waals surface area contributed by atoms with Crippen molar-refractivity contribution in [1.29, 1.82) is 0 Å². The molecule has 0 fully saturated rings. The van der Waals surface area contributed by atoms with Crippen molar-refractivity contribution in [3.05, 3.63) is 40.0 Å². The fourth-order valence-electron chi connectivity index (χ4n) is 1.73. The molecule has 2 heterocycles. The number of carbonyl (C=O) groups excluding carboxylic acids is 1. The molecule has 1 aromatic rings. The molecular weight excluding hydrogens is 263 g/mol. The third-order valence-corrected chi connectivity index (χ3v) is 3.23. The van der Waals surface area contributed by atoms with E-state index in [9.17, 15) is 9.90 Å². The van der Waals surface area contributed by atoms with E-state index in [4.69, 9.17) is 23.2 Å². The van der Waals surface area contributed by atoms with E-state index in [0.29, 0.717) is 11.3 Å². The third kappa shape index (κ3) is 2.18. The van der Waals surface area contributed by atoms with Crippen molar-refractivity contribution in [3.63, 3.8) is 0 Å². The minimum Gasteiger partial charge on any atom is -0.493 e. The van der Waals surface area contributed by atoms with Crippen LogP contribution in [0.1, 0.15) is 18.4 Å². The van der Waals surface area contributed by atoms with Gasteiger partial charge in [-0.1, -0.05) is 23.2 Å². The normalized spacial score (nSPS) is 19.9. The first kappa shape index (κ1) is 12.1. The molecule has 0 spiro atoms. The second-order valence-electron chi connectivity index (χ2n) is 3.60. The van der Waals surface area contributed by atoms with Crippen molar-refractivity contribution < 1.29 is 9.90 Å². The summed E-state index contributed by atoms with van der Waals surface area (Å²) in [5, 5.41) is 9.60. The topological polar surface area (TPSA) is 62.6 Å². The van der Waals surface area contributed by atoms with Crippen molar-refractivity contribution in [2.75, 3.05) is 0 Å². The van der Waals surface area contributed by atoms with Crippen LogP contribution < -0.4 is 0 Å². The Kier molecular flexibility index (Phi) is 3.17. The van der Waals surface area contributed by atoms with Gasteiger partial charge in [0.05, 0.1) is 10.9 Å². The molecule has 0 aromatic carbocycles. The monoisotopic (exact) mass is 270 g/mol. The van der Waals surface area contributed by atoms with Crippen LogP contribution in [-0.4, -0.2) is 21.6 Å². The van der Waals surface area contributed by atoms with Gasteiger partial charge in [0.2, 0.25) is 5.88 Å². The summed E-state index contributed by atoms with van der Waals surface area (Å²) < 4.78 is 0. The summed E-state index contributed by atoms with van der Waals surface area (Å²) in [4.78, 5) is 19.5. The molecule has 88 valence electrons. The lowest BCUT2D eigenvalue weighted by Crippen LogP contribution is -2.22. The van der Waals surface area contributed by atoms with Crippen LogP contribution >= 0.6 is 23.2 Å². The fraction of sp³-hybridized carbons (Fsp3) is 0.182. The van der Waals surface area contributed by atoms with Crippen LogP contribution in [0.5, 0.6) is 0 Å². The van der Waals surface area contributed by atoms with Crippen LogP contribution in [-0.2, 0) is 4.79 Å². The number of aliphatic hydroxyl groups excluding tert-OH is 1. The molecular formula is C11H8Cl2N2O2. The average Bonchev–Trinajstić information content (AvgIpc) is 2.23. The van der Waals surface area contributed by atoms with Crippen molar-refractivity contribution in [1.82, 2.24) is 4.98 Å². The van der Waals surface area contributed by atoms with Crippen molar-refractivity contribution in [2.45, 2.75) is 12.8 Å². The number of hydrogen-bond donors (Lipinski definition) is 1. The lowest BCUT2D eigenvalue weighted by molar-refractivity contribution is -0.114. The number of pyridine rings is 1. The number of ketones is 1. The summed E-state index contributed by atoms with van der Waals surface area (Å²) in [7, 11) is 0. The van der Waals surface area contributed by atoms with Crippen LogP contribution in [0.3, 0.4) is 0 Å². The van der Waals surface area contributed by atoms with Crippen molar-refractivity contribution >= 4 is 34.7 Å². The molecule has 1 aliphatic heterocycles. The Labute approximate surface area is 108 Å². The van der Waals surface area contributed by atoms with Gasteiger partial charge in [-0.05, 0) is 18.6 Å². The Balaban J connectivity index is 2.52. The highest BCUT2D eigenvalue weighted by atomic mass is 35.5. The van der Waals surface area contributed by atoms with E-state index in [1.165, 1.54) is 6.20 Å². The van der Waals surface area contributed by atoms with Crippen molar-refractivity contribution in [2.24, 2.45) is 4.99 Å². The number of aliphatic hydroxyl groups is 1. The highest BCUT2D eigenvalue weighted by molar-refractivity contribution is 6.42. The molecule has 0 aliphatic carbocycles. The second kappa shape index (κ2) is 4.47. The first-order chi connectivity index (χ1) is 8.00. The zero-order chi connectivity index (χ0) is 12.6. The van der Waals surface area contributed by atoms with E-state index in [1.807, 2.05) is 0 Å². The quantitative estimate of drug-likeness (QED) is 0.799. The van der Waals surface area contributed by atoms with Gasteiger partial charge in [-0.3, -0.25) is 4.79 Å². The zero-order valence-corrected chi connectivity index (χ0v) is 10.3. The van der Waals surface area contributed by atoms with Gasteiger partial charge in [0.1, 0.15) is 5.15 Å². The molecule has 0 bridgehead atoms. The predicted octanol–water partition coefficient (Wildman–Crippen LogP) is 2.92. The van der Waals surface area contributed by atoms with E-state index < -0.39 is 5.92 Å². The van der Waals surface area contributed by atoms with E-state index in [0.717, 1.165) is 6.08 Å². The molecule has 6 heteroatoms. The number of nitrogens with zero attached hydrogens (tertiary/aromatic N) is 2. The molecule has 2 rings (SSSR count). The molecule has 0 radical (unpaired) electrons. The lowest BCUT2D eigenvalue weighted by atomic mass is 9.89. The number of halogens is 2. The minimum atomic E-state index is -0.612. The smallest absolute Gasteiger partial charge is 0.214 e. The van der Waals surface area contributed by atoms with Gasteiger partial charge in [-0.15, -0.1) is 0 Å². The summed E-state index contributed by atoms with van der Waals surface area (Å²) >= 11 is 11.8. The van der Waals surface area contributed by atoms with E-state index in [2.05, 4.69) is 9.98 Å². The standard InChI is InChI=1S/C11H8Cl2N2O2/c1-5-9(7(16)4-8(17)15-5)6-2-3-14-11(13)10(6)12/h2-4,9,17H,1H3. The molecule has 0 saturated carbocycles. The first-order valence-electron chi connectivity index (χ1n) is 4.80. The lowest BCUT2D eigenvalue weighted by Gasteiger charge is -2.18. The van der Waals surface area contributed by atoms with Gasteiger partial charge in [-0.25, -0.2) is 9.98 Å². The van der Waals surface area contributed by atoms with Crippen molar-refractivity contribution in [3.8, 4) is 0 Å². The van der Waals surface area contributed by atoms with E-state index in [-0.39, 0.29) is 21.8 Å². The number of hydrogen-bond acceptors (Lipinski definition) is 4. The van der Waals surface area contributed by atoms with Crippen LogP contribution in [0.4, 0.5) is 0 Å². The maximum absolute atomic E-state index is 11.8. The summed E-state index contributed by atoms with van der Waals surface area (Å²) in [5.74, 6) is -1.18. The van der Waals surface area contributed by atoms with Gasteiger partial charge in [-0.2, -0.15) is 0 Å². The van der Waals surface area contributed by atoms with Crippen LogP contribution in [0, 0.1) is 0 Å². The summed E-state index contributed by atoms with van der Waals surface area (Å²) in [5.41, 5.74) is 1.01. The van der Waals surface area contributed by atoms with Crippen LogP contribution in [0.15, 0.2) is 29.2 Å². The largest absolute Gasteiger partial charge is 0.493 e. The van der Waals surface area contributed by atoms with E-state index in [1.54, 1.807) is 13.0 Å². The molecule has 1 aliphatic rings. The molecule has 0 amide bonds. The Morgan fingerprint density at radius 3 is 2.76 bits per heavy atom. The van der Waals surface area contributed by atoms with E-state index >= 15 is 0 Å². The van der Waals surface area contributed by atoms with Gasteiger partial charge < -0.3 is 5.11 Å². The summed E-state index contributed by atoms with van der Waals surface area (Å²) in [6.07, 6.45) is 2.55. The average molecular weight is 271 g/mol. The molecule has 0 saturated heterocycles. The second-order valence-corrected chi connectivity index (χ2v) is 4.33. The molecule has 1 aromatic heterocycles. The third-order valence-electron chi connectivity index (χ3n) is 2.45. The summed E-state index contributed by atoms with van der Waals surface area (Å²) in [6.45, 7) is 1.65. The molecule has 1 N–H and O–H groups in total. The van der Waals surface area contributed by atoms with Crippen LogP contribution in [0.25, 0.3) is 0 Å². The number of allylic oxidation sites excluding steroid dienone is 1. The fourth-order valence-corrected chi connectivity index (χ4v) is 2.11. The molecule has 4 nitrogen and oxygen atoms in total. The zero-order valence-electron chi connectivity index (χ0n) is 8.82. The highest BCUT2D eigenvalue weighted by Gasteiger charge is 2.28. The number of carbonyl (C=O) groups is 1. The van der Waals surface area contributed by atoms with Gasteiger partial charge >= 0.3 is 0 Å². The Hall–Kier alpha value is -1.39. The molecule has 17 heavy (non-hydrogen) atoms. The molecule has 1 unspecified atom stereocenters. The van der Waals surface area contributed by atoms with Gasteiger partial charge in [0.15, 0.2) is 5.78 Å². The maximum atomic E-state index is 11.8. The number of aromatic nitrogens is 1. The van der Waals surface area contributed by atoms with Gasteiger partial charge in [0, 0.05) is 18.0 Å². The molecule has 1 atom stereocenters. The SMILES string of the molecule is CC1=NC(O)=CC(=O)C1c1ccnc(Cl)c1Cl. The Bertz CT molecular complexity index is 552. The maximum Gasteiger partial charge on any atom is 0.214 e. The van der Waals surface area contributed by atoms with Gasteiger partial charge in [0.25, 0.3) is 0 Å². The number of aliphatic imine (C=N–C) groups is 1. The predicted molar refractivity (Wildman–Crippen MR) is 65.8 cm³/mol. The van der Waals surface area contributed by atoms with Crippen LogP contribution in [0.2, 0.25) is 10.2 Å². The Morgan fingerprint density at radius 2 is 2.12 bits per heavy atom. The summed E-state index contributed by atoms with van der Waals surface area (Å²) in [6, 6.07) is 1.62.